The van der Waals surface area contributed by atoms with Gasteiger partial charge in [0.1, 0.15) is 0 Å². The first-order chi connectivity index (χ1) is 5.47. The zero-order valence-corrected chi connectivity index (χ0v) is 8.80. The molecule has 68 valence electrons. The van der Waals surface area contributed by atoms with Gasteiger partial charge in [-0.1, -0.05) is 26.1 Å². The zero-order valence-electron chi connectivity index (χ0n) is 8.80. The van der Waals surface area contributed by atoms with Crippen molar-refractivity contribution < 1.29 is 0 Å². The molecule has 2 unspecified atom stereocenters. The second-order valence-corrected chi connectivity index (χ2v) is 4.68. The van der Waals surface area contributed by atoms with E-state index in [0.29, 0.717) is 11.8 Å². The summed E-state index contributed by atoms with van der Waals surface area (Å²) in [5.41, 5.74) is 0. The average molecular weight is 165 g/mol. The first-order valence-corrected chi connectivity index (χ1v) is 4.94. The van der Waals surface area contributed by atoms with Crippen LogP contribution in [0.15, 0.2) is 0 Å². The van der Waals surface area contributed by atoms with Gasteiger partial charge in [-0.05, 0) is 31.8 Å². The van der Waals surface area contributed by atoms with E-state index < -0.39 is 0 Å². The molecule has 0 saturated carbocycles. The Labute approximate surface area is 77.9 Å². The van der Waals surface area contributed by atoms with Crippen molar-refractivity contribution in [2.45, 2.75) is 32.5 Å². The molecular weight excluding hydrogens is 145 g/mol. The van der Waals surface area contributed by atoms with Crippen LogP contribution in [0.2, 0.25) is 5.31 Å². The van der Waals surface area contributed by atoms with Crippen LogP contribution in [0.3, 0.4) is 0 Å². The average Bonchev–Trinajstić information content (AvgIpc) is 1.97. The third-order valence-corrected chi connectivity index (χ3v) is 3.50. The molecule has 0 spiro atoms. The topological polar surface area (TPSA) is 3.24 Å². The summed E-state index contributed by atoms with van der Waals surface area (Å²) in [4.78, 5) is 2.37. The van der Waals surface area contributed by atoms with Crippen molar-refractivity contribution in [3.05, 3.63) is 0 Å². The Hall–Kier alpha value is 0.0249. The Morgan fingerprint density at radius 1 is 1.50 bits per heavy atom. The maximum atomic E-state index is 6.38. The van der Waals surface area contributed by atoms with E-state index >= 15 is 0 Å². The first kappa shape index (κ1) is 10.1. The van der Waals surface area contributed by atoms with E-state index in [0.717, 1.165) is 19.5 Å². The summed E-state index contributed by atoms with van der Waals surface area (Å²) in [6.45, 7) is 9.05. The fourth-order valence-electron chi connectivity index (χ4n) is 2.22. The minimum Gasteiger partial charge on any atom is -0.306 e. The van der Waals surface area contributed by atoms with Gasteiger partial charge in [-0.2, -0.15) is 0 Å². The lowest BCUT2D eigenvalue weighted by molar-refractivity contribution is 0.136. The second-order valence-electron chi connectivity index (χ2n) is 4.68. The highest BCUT2D eigenvalue weighted by Gasteiger charge is 2.37. The van der Waals surface area contributed by atoms with Gasteiger partial charge in [-0.15, -0.1) is 0 Å². The number of rotatable bonds is 1. The Bertz CT molecular complexity index is 158. The first-order valence-electron chi connectivity index (χ1n) is 4.94. The quantitative estimate of drug-likeness (QED) is 0.536. The largest absolute Gasteiger partial charge is 0.306 e. The molecule has 2 radical (unpaired) electrons. The fourth-order valence-corrected chi connectivity index (χ4v) is 2.22. The van der Waals surface area contributed by atoms with E-state index in [4.69, 9.17) is 7.85 Å². The van der Waals surface area contributed by atoms with Gasteiger partial charge < -0.3 is 4.90 Å². The number of hydrogen-bond donors (Lipinski definition) is 0. The van der Waals surface area contributed by atoms with Crippen molar-refractivity contribution in [3.63, 3.8) is 0 Å². The third-order valence-electron chi connectivity index (χ3n) is 3.50. The summed E-state index contributed by atoms with van der Waals surface area (Å²) in [6.07, 6.45) is 1.14. The molecule has 0 N–H and O–H groups in total. The maximum absolute atomic E-state index is 6.38. The molecule has 2 heteroatoms. The smallest absolute Gasteiger partial charge is 0.0754 e. The minimum atomic E-state index is 0.0759. The van der Waals surface area contributed by atoms with E-state index in [-0.39, 0.29) is 5.31 Å². The van der Waals surface area contributed by atoms with Gasteiger partial charge in [-0.3, -0.25) is 0 Å². The molecular formula is C10H20BN. The van der Waals surface area contributed by atoms with Crippen LogP contribution in [0.25, 0.3) is 0 Å². The van der Waals surface area contributed by atoms with Crippen molar-refractivity contribution in [2.24, 2.45) is 11.8 Å². The van der Waals surface area contributed by atoms with Gasteiger partial charge in [0.15, 0.2) is 0 Å². The molecule has 1 aliphatic heterocycles. The molecule has 1 heterocycles. The number of nitrogens with zero attached hydrogens (tertiary/aromatic N) is 1. The Balaban J connectivity index is 2.66. The van der Waals surface area contributed by atoms with Gasteiger partial charge >= 0.3 is 0 Å². The van der Waals surface area contributed by atoms with E-state index in [1.54, 1.807) is 0 Å². The van der Waals surface area contributed by atoms with Gasteiger partial charge in [0, 0.05) is 6.54 Å². The van der Waals surface area contributed by atoms with Crippen molar-refractivity contribution >= 4 is 7.85 Å². The predicted molar refractivity (Wildman–Crippen MR) is 54.6 cm³/mol. The molecule has 1 rings (SSSR count). The van der Waals surface area contributed by atoms with Crippen LogP contribution in [0, 0.1) is 11.8 Å². The molecule has 12 heavy (non-hydrogen) atoms. The van der Waals surface area contributed by atoms with E-state index in [9.17, 15) is 0 Å². The normalized spacial score (nSPS) is 38.9. The van der Waals surface area contributed by atoms with Crippen LogP contribution in [0.4, 0.5) is 0 Å². The molecule has 0 bridgehead atoms. The van der Waals surface area contributed by atoms with Crippen molar-refractivity contribution in [3.8, 4) is 0 Å². The molecule has 0 amide bonds. The third kappa shape index (κ3) is 1.68. The van der Waals surface area contributed by atoms with E-state index in [2.05, 4.69) is 32.7 Å². The summed E-state index contributed by atoms with van der Waals surface area (Å²) in [5.74, 6) is 1.22. The molecule has 2 atom stereocenters. The van der Waals surface area contributed by atoms with Crippen LogP contribution < -0.4 is 0 Å². The summed E-state index contributed by atoms with van der Waals surface area (Å²) >= 11 is 0. The van der Waals surface area contributed by atoms with Crippen LogP contribution in [0.1, 0.15) is 27.2 Å². The van der Waals surface area contributed by atoms with Crippen molar-refractivity contribution in [1.29, 1.82) is 0 Å². The predicted octanol–water partition coefficient (Wildman–Crippen LogP) is 1.94. The van der Waals surface area contributed by atoms with Crippen molar-refractivity contribution in [1.82, 2.24) is 4.90 Å². The van der Waals surface area contributed by atoms with Gasteiger partial charge in [-0.25, -0.2) is 0 Å². The Morgan fingerprint density at radius 2 is 2.08 bits per heavy atom. The Kier molecular flexibility index (Phi) is 2.87. The van der Waals surface area contributed by atoms with E-state index in [1.165, 1.54) is 0 Å². The monoisotopic (exact) mass is 165 g/mol. The second kappa shape index (κ2) is 3.41. The highest BCUT2D eigenvalue weighted by molar-refractivity contribution is 6.15. The standard InChI is InChI=1S/C10H20BN/c1-8(2)10(11)5-6-12(4)7-9(10)3/h8-9H,5-7H2,1-4H3. The molecule has 1 aliphatic rings. The lowest BCUT2D eigenvalue weighted by Crippen LogP contribution is -2.43. The lowest BCUT2D eigenvalue weighted by Gasteiger charge is -2.47. The number of piperidine rings is 1. The van der Waals surface area contributed by atoms with Gasteiger partial charge in [0.2, 0.25) is 0 Å². The van der Waals surface area contributed by atoms with Crippen LogP contribution in [0.5, 0.6) is 0 Å². The highest BCUT2D eigenvalue weighted by atomic mass is 15.1. The SMILES string of the molecule is [B]C1(C(C)C)CCN(C)CC1C. The van der Waals surface area contributed by atoms with Crippen LogP contribution in [-0.4, -0.2) is 32.9 Å². The lowest BCUT2D eigenvalue weighted by atomic mass is 9.52. The van der Waals surface area contributed by atoms with E-state index in [1.807, 2.05) is 0 Å². The molecule has 1 fully saturated rings. The summed E-state index contributed by atoms with van der Waals surface area (Å²) < 4.78 is 0. The minimum absolute atomic E-state index is 0.0759. The highest BCUT2D eigenvalue weighted by Crippen LogP contribution is 2.46. The molecule has 0 aromatic carbocycles. The maximum Gasteiger partial charge on any atom is 0.0754 e. The molecule has 0 aromatic heterocycles. The Morgan fingerprint density at radius 3 is 2.50 bits per heavy atom. The van der Waals surface area contributed by atoms with Crippen molar-refractivity contribution in [2.75, 3.05) is 20.1 Å². The molecule has 0 aromatic rings. The summed E-state index contributed by atoms with van der Waals surface area (Å²) in [6, 6.07) is 0. The molecule has 0 aliphatic carbocycles. The number of likely N-dealkylation sites (tertiary alicyclic amines) is 1. The fraction of sp³-hybridized carbons (Fsp3) is 1.00. The summed E-state index contributed by atoms with van der Waals surface area (Å²) in [5, 5.41) is 0.0759. The zero-order chi connectivity index (χ0) is 9.35. The van der Waals surface area contributed by atoms with Gasteiger partial charge in [0.05, 0.1) is 7.85 Å². The van der Waals surface area contributed by atoms with Crippen LogP contribution in [-0.2, 0) is 0 Å². The van der Waals surface area contributed by atoms with Gasteiger partial charge in [0.25, 0.3) is 0 Å². The molecule has 1 saturated heterocycles. The molecule has 1 nitrogen and oxygen atoms in total. The summed E-state index contributed by atoms with van der Waals surface area (Å²) in [7, 11) is 8.56. The van der Waals surface area contributed by atoms with Crippen LogP contribution >= 0.6 is 0 Å². The number of hydrogen-bond acceptors (Lipinski definition) is 1.